The van der Waals surface area contributed by atoms with Crippen molar-refractivity contribution in [3.8, 4) is 16.8 Å². The average Bonchev–Trinajstić information content (AvgIpc) is 3.46. The van der Waals surface area contributed by atoms with Crippen LogP contribution in [0.4, 0.5) is 5.69 Å². The minimum atomic E-state index is -0.484. The number of benzene rings is 3. The van der Waals surface area contributed by atoms with Gasteiger partial charge in [-0.1, -0.05) is 54.6 Å². The smallest absolute Gasteiger partial charge is 0.295 e. The average molecular weight is 522 g/mol. The summed E-state index contributed by atoms with van der Waals surface area (Å²) in [6, 6.07) is 23.3. The van der Waals surface area contributed by atoms with Crippen LogP contribution in [0.5, 0.6) is 0 Å². The van der Waals surface area contributed by atoms with Crippen molar-refractivity contribution in [2.75, 3.05) is 5.32 Å². The number of nitrogens with one attached hydrogen (secondary N) is 1. The molecular weight excluding hydrogens is 498 g/mol. The highest BCUT2D eigenvalue weighted by molar-refractivity contribution is 7.17. The highest BCUT2D eigenvalue weighted by Crippen LogP contribution is 2.32. The van der Waals surface area contributed by atoms with Crippen LogP contribution in [0.1, 0.15) is 5.69 Å². The lowest BCUT2D eigenvalue weighted by atomic mass is 10.0. The Hall–Kier alpha value is -4.76. The van der Waals surface area contributed by atoms with E-state index in [2.05, 4.69) is 16.4 Å². The Morgan fingerprint density at radius 2 is 1.68 bits per heavy atom. The van der Waals surface area contributed by atoms with Crippen LogP contribution < -0.4 is 16.4 Å². The van der Waals surface area contributed by atoms with Crippen LogP contribution in [0.25, 0.3) is 37.8 Å². The normalized spacial score (nSPS) is 11.3. The van der Waals surface area contributed by atoms with Gasteiger partial charge >= 0.3 is 0 Å². The third-order valence-electron chi connectivity index (χ3n) is 6.75. The second-order valence-electron chi connectivity index (χ2n) is 9.05. The zero-order chi connectivity index (χ0) is 26.4. The van der Waals surface area contributed by atoms with Gasteiger partial charge in [0.25, 0.3) is 11.1 Å². The number of amides is 1. The van der Waals surface area contributed by atoms with Crippen LogP contribution in [-0.2, 0) is 18.4 Å². The molecule has 8 nitrogen and oxygen atoms in total. The first-order chi connectivity index (χ1) is 18.4. The van der Waals surface area contributed by atoms with Crippen LogP contribution >= 0.6 is 11.3 Å². The Bertz CT molecular complexity index is 1960. The Labute approximate surface area is 221 Å². The zero-order valence-corrected chi connectivity index (χ0v) is 21.5. The first-order valence-electron chi connectivity index (χ1n) is 12.0. The summed E-state index contributed by atoms with van der Waals surface area (Å²) in [4.78, 5) is 44.7. The lowest BCUT2D eigenvalue weighted by molar-refractivity contribution is -0.116. The molecule has 3 aromatic heterocycles. The van der Waals surface area contributed by atoms with Crippen LogP contribution in [-0.4, -0.2) is 24.8 Å². The largest absolute Gasteiger partial charge is 0.318 e. The number of para-hydroxylation sites is 1. The monoisotopic (exact) mass is 521 g/mol. The van der Waals surface area contributed by atoms with Crippen molar-refractivity contribution in [3.05, 3.63) is 111 Å². The number of carbonyl (C=O) groups excluding carboxylic acids is 1. The van der Waals surface area contributed by atoms with Crippen molar-refractivity contribution in [3.63, 3.8) is 0 Å². The van der Waals surface area contributed by atoms with E-state index >= 15 is 0 Å². The predicted molar refractivity (Wildman–Crippen MR) is 151 cm³/mol. The van der Waals surface area contributed by atoms with Gasteiger partial charge < -0.3 is 5.32 Å². The minimum Gasteiger partial charge on any atom is -0.318 e. The maximum absolute atomic E-state index is 13.5. The van der Waals surface area contributed by atoms with E-state index in [1.807, 2.05) is 72.1 Å². The molecule has 0 unspecified atom stereocenters. The molecule has 38 heavy (non-hydrogen) atoms. The van der Waals surface area contributed by atoms with Gasteiger partial charge in [-0.3, -0.25) is 23.6 Å². The second-order valence-corrected chi connectivity index (χ2v) is 9.91. The fourth-order valence-corrected chi connectivity index (χ4v) is 5.60. The van der Waals surface area contributed by atoms with E-state index in [4.69, 9.17) is 0 Å². The first-order valence-corrected chi connectivity index (χ1v) is 12.9. The SMILES string of the molecule is Cc1c(NC(=O)Cn2cnc3scc(-c4ccc5ccccc5c4)c3c2=O)c(=O)n(-c2ccccc2)n1C. The third-order valence-corrected chi connectivity index (χ3v) is 7.64. The lowest BCUT2D eigenvalue weighted by Crippen LogP contribution is -2.29. The Kier molecular flexibility index (Phi) is 5.77. The van der Waals surface area contributed by atoms with Crippen LogP contribution in [0.3, 0.4) is 0 Å². The van der Waals surface area contributed by atoms with Gasteiger partial charge in [0.2, 0.25) is 5.91 Å². The van der Waals surface area contributed by atoms with Gasteiger partial charge in [0.15, 0.2) is 0 Å². The summed E-state index contributed by atoms with van der Waals surface area (Å²) in [6.45, 7) is 1.49. The van der Waals surface area contributed by atoms with E-state index in [0.29, 0.717) is 21.6 Å². The van der Waals surface area contributed by atoms with Gasteiger partial charge in [-0.15, -0.1) is 11.3 Å². The number of rotatable bonds is 5. The number of aromatic nitrogens is 4. The Morgan fingerprint density at radius 3 is 2.47 bits per heavy atom. The van der Waals surface area contributed by atoms with Crippen molar-refractivity contribution in [1.82, 2.24) is 18.9 Å². The summed E-state index contributed by atoms with van der Waals surface area (Å²) in [7, 11) is 1.76. The molecule has 0 radical (unpaired) electrons. The molecule has 0 fully saturated rings. The molecule has 0 aliphatic carbocycles. The molecule has 0 atom stereocenters. The molecule has 0 bridgehead atoms. The molecule has 188 valence electrons. The molecule has 0 saturated heterocycles. The molecule has 1 amide bonds. The van der Waals surface area contributed by atoms with Crippen molar-refractivity contribution in [2.24, 2.45) is 7.05 Å². The van der Waals surface area contributed by atoms with Crippen molar-refractivity contribution >= 4 is 43.9 Å². The molecule has 0 spiro atoms. The topological polar surface area (TPSA) is 90.9 Å². The number of fused-ring (bicyclic) bond motifs is 2. The van der Waals surface area contributed by atoms with Gasteiger partial charge in [0.1, 0.15) is 17.1 Å². The molecule has 9 heteroatoms. The fraction of sp³-hybridized carbons (Fsp3) is 0.103. The third kappa shape index (κ3) is 3.93. The molecule has 0 saturated carbocycles. The predicted octanol–water partition coefficient (Wildman–Crippen LogP) is 4.71. The Balaban J connectivity index is 1.32. The first kappa shape index (κ1) is 23.6. The summed E-state index contributed by atoms with van der Waals surface area (Å²) >= 11 is 1.39. The molecule has 3 heterocycles. The van der Waals surface area contributed by atoms with Gasteiger partial charge in [-0.05, 0) is 41.5 Å². The van der Waals surface area contributed by atoms with Crippen molar-refractivity contribution in [1.29, 1.82) is 0 Å². The maximum Gasteiger partial charge on any atom is 0.295 e. The van der Waals surface area contributed by atoms with E-state index in [0.717, 1.165) is 21.9 Å². The van der Waals surface area contributed by atoms with Crippen LogP contribution in [0, 0.1) is 6.92 Å². The van der Waals surface area contributed by atoms with E-state index in [9.17, 15) is 14.4 Å². The molecule has 6 rings (SSSR count). The van der Waals surface area contributed by atoms with Crippen LogP contribution in [0.15, 0.2) is 94.1 Å². The standard InChI is InChI=1S/C29H23N5O3S/c1-18-26(29(37)34(32(18)2)22-10-4-3-5-11-22)31-24(35)15-33-17-30-27-25(28(33)36)23(16-38-27)21-13-12-19-8-6-7-9-20(19)14-21/h3-14,16-17H,15H2,1-2H3,(H,31,35). The minimum absolute atomic E-state index is 0.177. The number of anilines is 1. The van der Waals surface area contributed by atoms with Gasteiger partial charge in [0, 0.05) is 18.0 Å². The summed E-state index contributed by atoms with van der Waals surface area (Å²) in [5.41, 5.74) is 2.52. The molecule has 1 N–H and O–H groups in total. The van der Waals surface area contributed by atoms with E-state index in [1.165, 1.54) is 26.9 Å². The summed E-state index contributed by atoms with van der Waals surface area (Å²) in [6.07, 6.45) is 1.38. The number of nitrogens with zero attached hydrogens (tertiary/aromatic N) is 4. The van der Waals surface area contributed by atoms with Crippen molar-refractivity contribution < 1.29 is 4.79 Å². The zero-order valence-electron chi connectivity index (χ0n) is 20.7. The molecule has 3 aromatic carbocycles. The maximum atomic E-state index is 13.5. The van der Waals surface area contributed by atoms with Crippen molar-refractivity contribution in [2.45, 2.75) is 13.5 Å². The fourth-order valence-electron chi connectivity index (χ4n) is 4.70. The molecular formula is C29H23N5O3S. The van der Waals surface area contributed by atoms with Gasteiger partial charge in [-0.25, -0.2) is 9.67 Å². The highest BCUT2D eigenvalue weighted by atomic mass is 32.1. The lowest BCUT2D eigenvalue weighted by Gasteiger charge is -2.08. The van der Waals surface area contributed by atoms with E-state index < -0.39 is 5.91 Å². The second kappa shape index (κ2) is 9.28. The summed E-state index contributed by atoms with van der Waals surface area (Å²) < 4.78 is 4.46. The molecule has 6 aromatic rings. The van der Waals surface area contributed by atoms with Gasteiger partial charge in [-0.2, -0.15) is 0 Å². The number of thiophene rings is 1. The van der Waals surface area contributed by atoms with Gasteiger partial charge in [0.05, 0.1) is 23.1 Å². The molecule has 0 aliphatic heterocycles. The summed E-state index contributed by atoms with van der Waals surface area (Å²) in [5, 5.41) is 7.31. The Morgan fingerprint density at radius 1 is 0.947 bits per heavy atom. The molecule has 0 aliphatic rings. The van der Waals surface area contributed by atoms with E-state index in [-0.39, 0.29) is 23.4 Å². The van der Waals surface area contributed by atoms with E-state index in [1.54, 1.807) is 18.7 Å². The van der Waals surface area contributed by atoms with Crippen LogP contribution in [0.2, 0.25) is 0 Å². The number of hydrogen-bond donors (Lipinski definition) is 1. The quantitative estimate of drug-likeness (QED) is 0.356. The number of carbonyl (C=O) groups is 1. The number of hydrogen-bond acceptors (Lipinski definition) is 5. The highest BCUT2D eigenvalue weighted by Gasteiger charge is 2.20. The summed E-state index contributed by atoms with van der Waals surface area (Å²) in [5.74, 6) is -0.484.